The van der Waals surface area contributed by atoms with Crippen molar-refractivity contribution in [2.24, 2.45) is 0 Å². The Morgan fingerprint density at radius 3 is 2.09 bits per heavy atom. The molecule has 0 aliphatic carbocycles. The van der Waals surface area contributed by atoms with Crippen LogP contribution in [0.25, 0.3) is 0 Å². The van der Waals surface area contributed by atoms with Crippen LogP contribution in [0.5, 0.6) is 0 Å². The van der Waals surface area contributed by atoms with E-state index in [1.807, 2.05) is 20.8 Å². The number of benzene rings is 1. The molecule has 0 unspecified atom stereocenters. The van der Waals surface area contributed by atoms with Gasteiger partial charge < -0.3 is 19.0 Å². The van der Waals surface area contributed by atoms with Crippen LogP contribution in [-0.4, -0.2) is 64.0 Å². The van der Waals surface area contributed by atoms with Crippen molar-refractivity contribution in [3.05, 3.63) is 35.9 Å². The summed E-state index contributed by atoms with van der Waals surface area (Å²) in [6, 6.07) is 7.44. The molecule has 1 fully saturated rings. The third kappa shape index (κ3) is 6.34. The second kappa shape index (κ2) is 9.62. The molecule has 1 saturated heterocycles. The Balaban J connectivity index is 2.49. The number of alkyl halides is 3. The molecule has 33 heavy (non-hydrogen) atoms. The molecule has 188 valence electrons. The van der Waals surface area contributed by atoms with Crippen molar-refractivity contribution in [1.29, 1.82) is 0 Å². The lowest BCUT2D eigenvalue weighted by Crippen LogP contribution is -2.63. The minimum Gasteiger partial charge on any atom is -0.450 e. The van der Waals surface area contributed by atoms with Crippen LogP contribution < -0.4 is 0 Å². The molecule has 8 nitrogen and oxygen atoms in total. The number of aliphatic hydroxyl groups is 1. The van der Waals surface area contributed by atoms with E-state index in [-0.39, 0.29) is 5.56 Å². The van der Waals surface area contributed by atoms with E-state index >= 15 is 0 Å². The number of ether oxygens (including phenoxy) is 2. The molecule has 1 aromatic rings. The molecule has 0 amide bonds. The molecule has 13 heteroatoms. The molecule has 5 atom stereocenters. The SMILES string of the molecule is C[C@H]1O[C@H](O)[C@H](OC(=O)c2ccccc2)[C@H](OS(=O)(=O)C(F)(F)F)[C@@H]1O[Si](C)(C)C(C)(C)C. The van der Waals surface area contributed by atoms with Crippen molar-refractivity contribution < 1.29 is 49.6 Å². The maximum Gasteiger partial charge on any atom is 0.523 e. The fourth-order valence-electron chi connectivity index (χ4n) is 2.87. The summed E-state index contributed by atoms with van der Waals surface area (Å²) >= 11 is 0. The molecule has 0 spiro atoms. The van der Waals surface area contributed by atoms with Gasteiger partial charge >= 0.3 is 21.6 Å². The van der Waals surface area contributed by atoms with Crippen molar-refractivity contribution in [3.63, 3.8) is 0 Å². The predicted molar refractivity (Wildman–Crippen MR) is 114 cm³/mol. The Bertz CT molecular complexity index is 931. The number of hydrogen-bond donors (Lipinski definition) is 1. The van der Waals surface area contributed by atoms with Gasteiger partial charge in [-0.3, -0.25) is 4.18 Å². The third-order valence-electron chi connectivity index (χ3n) is 5.76. The van der Waals surface area contributed by atoms with Gasteiger partial charge in [-0.15, -0.1) is 0 Å². The van der Waals surface area contributed by atoms with Gasteiger partial charge in [-0.2, -0.15) is 21.6 Å². The van der Waals surface area contributed by atoms with Crippen molar-refractivity contribution in [3.8, 4) is 0 Å². The fraction of sp³-hybridized carbons (Fsp3) is 0.650. The molecule has 0 radical (unpaired) electrons. The third-order valence-corrected chi connectivity index (χ3v) is 11.3. The smallest absolute Gasteiger partial charge is 0.450 e. The first-order chi connectivity index (χ1) is 14.9. The van der Waals surface area contributed by atoms with Gasteiger partial charge in [0.25, 0.3) is 0 Å². The molecule has 1 heterocycles. The number of esters is 1. The number of aliphatic hydroxyl groups excluding tert-OH is 1. The maximum absolute atomic E-state index is 13.1. The number of hydrogen-bond acceptors (Lipinski definition) is 8. The molecular formula is C20H29F3O8SSi. The molecule has 1 aliphatic heterocycles. The van der Waals surface area contributed by atoms with Gasteiger partial charge in [0.15, 0.2) is 20.7 Å². The quantitative estimate of drug-likeness (QED) is 0.266. The fourth-order valence-corrected chi connectivity index (χ4v) is 4.85. The van der Waals surface area contributed by atoms with Crippen molar-refractivity contribution in [2.75, 3.05) is 0 Å². The first kappa shape index (κ1) is 27.7. The van der Waals surface area contributed by atoms with Crippen molar-refractivity contribution in [2.45, 2.75) is 82.0 Å². The summed E-state index contributed by atoms with van der Waals surface area (Å²) in [5, 5.41) is 9.97. The van der Waals surface area contributed by atoms with Crippen molar-refractivity contribution >= 4 is 24.4 Å². The second-order valence-corrected chi connectivity index (χ2v) is 15.6. The van der Waals surface area contributed by atoms with E-state index in [1.54, 1.807) is 19.2 Å². The highest BCUT2D eigenvalue weighted by atomic mass is 32.2. The lowest BCUT2D eigenvalue weighted by Gasteiger charge is -2.47. The highest BCUT2D eigenvalue weighted by Crippen LogP contribution is 2.41. The van der Waals surface area contributed by atoms with E-state index in [2.05, 4.69) is 4.18 Å². The van der Waals surface area contributed by atoms with E-state index in [0.29, 0.717) is 0 Å². The van der Waals surface area contributed by atoms with Gasteiger partial charge in [0.1, 0.15) is 12.2 Å². The largest absolute Gasteiger partial charge is 0.523 e. The molecule has 2 rings (SSSR count). The summed E-state index contributed by atoms with van der Waals surface area (Å²) in [5.74, 6) is -1.01. The molecule has 1 aliphatic rings. The van der Waals surface area contributed by atoms with Crippen LogP contribution in [-0.2, 0) is 28.2 Å². The summed E-state index contributed by atoms with van der Waals surface area (Å²) in [4.78, 5) is 12.6. The van der Waals surface area contributed by atoms with E-state index in [4.69, 9.17) is 13.9 Å². The Morgan fingerprint density at radius 2 is 1.61 bits per heavy atom. The van der Waals surface area contributed by atoms with Gasteiger partial charge in [-0.05, 0) is 37.2 Å². The van der Waals surface area contributed by atoms with Crippen LogP contribution in [0.1, 0.15) is 38.1 Å². The topological polar surface area (TPSA) is 108 Å². The summed E-state index contributed by atoms with van der Waals surface area (Å²) < 4.78 is 84.5. The molecule has 0 bridgehead atoms. The number of carbonyl (C=O) groups excluding carboxylic acids is 1. The summed E-state index contributed by atoms with van der Waals surface area (Å²) in [6.45, 7) is 10.6. The predicted octanol–water partition coefficient (Wildman–Crippen LogP) is 3.57. The number of carbonyl (C=O) groups is 1. The van der Waals surface area contributed by atoms with Gasteiger partial charge in [-0.25, -0.2) is 4.79 Å². The summed E-state index contributed by atoms with van der Waals surface area (Å²) in [5.41, 5.74) is -5.71. The van der Waals surface area contributed by atoms with E-state index < -0.39 is 65.7 Å². The minimum absolute atomic E-state index is 0.0302. The van der Waals surface area contributed by atoms with E-state index in [0.717, 1.165) is 0 Å². The Kier molecular flexibility index (Phi) is 8.09. The second-order valence-electron chi connectivity index (χ2n) is 9.27. The normalized spacial score (nSPS) is 27.3. The standard InChI is InChI=1S/C20H29F3O8SSi/c1-12-14(31-33(5,6)19(2,3)4)15(30-32(26,27)20(21,22)23)16(18(25)28-12)29-17(24)13-10-8-7-9-11-13/h7-12,14-16,18,25H,1-6H3/t12-,14-,15-,16-,18+/m1/s1. The molecule has 0 saturated carbocycles. The lowest BCUT2D eigenvalue weighted by molar-refractivity contribution is -0.269. The average Bonchev–Trinajstić information content (AvgIpc) is 2.66. The Morgan fingerprint density at radius 1 is 1.06 bits per heavy atom. The van der Waals surface area contributed by atoms with Crippen LogP contribution in [0.3, 0.4) is 0 Å². The lowest BCUT2D eigenvalue weighted by atomic mass is 10.00. The van der Waals surface area contributed by atoms with Crippen molar-refractivity contribution in [1.82, 2.24) is 0 Å². The van der Waals surface area contributed by atoms with Gasteiger partial charge in [-0.1, -0.05) is 39.0 Å². The zero-order valence-corrected chi connectivity index (χ0v) is 20.9. The summed E-state index contributed by atoms with van der Waals surface area (Å²) in [6.07, 6.45) is -8.35. The first-order valence-corrected chi connectivity index (χ1v) is 14.5. The monoisotopic (exact) mass is 514 g/mol. The van der Waals surface area contributed by atoms with Crippen LogP contribution in [0, 0.1) is 0 Å². The van der Waals surface area contributed by atoms with Gasteiger partial charge in [0, 0.05) is 0 Å². The zero-order chi connectivity index (χ0) is 25.4. The number of rotatable bonds is 6. The minimum atomic E-state index is -6.12. The van der Waals surface area contributed by atoms with Crippen LogP contribution in [0.2, 0.25) is 18.1 Å². The molecular weight excluding hydrogens is 485 g/mol. The Labute approximate surface area is 192 Å². The Hall–Kier alpha value is -1.51. The first-order valence-electron chi connectivity index (χ1n) is 10.1. The highest BCUT2D eigenvalue weighted by Gasteiger charge is 2.57. The average molecular weight is 515 g/mol. The van der Waals surface area contributed by atoms with Gasteiger partial charge in [0.05, 0.1) is 11.7 Å². The number of halogens is 3. The van der Waals surface area contributed by atoms with Crippen LogP contribution >= 0.6 is 0 Å². The van der Waals surface area contributed by atoms with Gasteiger partial charge in [0.2, 0.25) is 0 Å². The maximum atomic E-state index is 13.1. The molecule has 1 aromatic carbocycles. The zero-order valence-electron chi connectivity index (χ0n) is 19.1. The van der Waals surface area contributed by atoms with Crippen LogP contribution in [0.15, 0.2) is 30.3 Å². The van der Waals surface area contributed by atoms with E-state index in [9.17, 15) is 31.5 Å². The van der Waals surface area contributed by atoms with Crippen LogP contribution in [0.4, 0.5) is 13.2 Å². The highest BCUT2D eigenvalue weighted by molar-refractivity contribution is 7.87. The van der Waals surface area contributed by atoms with E-state index in [1.165, 1.54) is 31.2 Å². The summed E-state index contributed by atoms with van der Waals surface area (Å²) in [7, 11) is -8.83. The molecule has 0 aromatic heterocycles. The molecule has 1 N–H and O–H groups in total.